The normalized spacial score (nSPS) is 26.1. The van der Waals surface area contributed by atoms with Crippen molar-refractivity contribution in [3.05, 3.63) is 0 Å². The summed E-state index contributed by atoms with van der Waals surface area (Å²) < 4.78 is 0. The summed E-state index contributed by atoms with van der Waals surface area (Å²) in [6, 6.07) is 0.167. The van der Waals surface area contributed by atoms with Gasteiger partial charge in [-0.2, -0.15) is 0 Å². The van der Waals surface area contributed by atoms with E-state index in [0.29, 0.717) is 31.5 Å². The van der Waals surface area contributed by atoms with Crippen molar-refractivity contribution in [3.63, 3.8) is 0 Å². The third kappa shape index (κ3) is 1.58. The summed E-state index contributed by atoms with van der Waals surface area (Å²) in [6.07, 6.45) is 0. The molecule has 1 N–H and O–H groups in total. The van der Waals surface area contributed by atoms with Gasteiger partial charge in [0.1, 0.15) is 0 Å². The SMILES string of the molecule is O=C(CBr)N1CCN2C(=O)NCC2C1. The predicted octanol–water partition coefficient (Wildman–Crippen LogP) is -0.383. The monoisotopic (exact) mass is 261 g/mol. The molecule has 5 nitrogen and oxygen atoms in total. The number of hydrogen-bond acceptors (Lipinski definition) is 2. The van der Waals surface area contributed by atoms with Gasteiger partial charge in [-0.1, -0.05) is 15.9 Å². The second-order valence-electron chi connectivity index (χ2n) is 3.51. The molecule has 3 amide bonds. The third-order valence-electron chi connectivity index (χ3n) is 2.70. The smallest absolute Gasteiger partial charge is 0.317 e. The Balaban J connectivity index is 1.99. The molecule has 0 radical (unpaired) electrons. The first-order valence-corrected chi connectivity index (χ1v) is 5.72. The average Bonchev–Trinajstić information content (AvgIpc) is 2.59. The minimum Gasteiger partial charge on any atom is -0.338 e. The van der Waals surface area contributed by atoms with Crippen LogP contribution in [0, 0.1) is 0 Å². The minimum absolute atomic E-state index is 0.000871. The van der Waals surface area contributed by atoms with Gasteiger partial charge in [0.15, 0.2) is 0 Å². The molecule has 78 valence electrons. The number of nitrogens with zero attached hydrogens (tertiary/aromatic N) is 2. The molecule has 1 atom stereocenters. The van der Waals surface area contributed by atoms with Crippen molar-refractivity contribution >= 4 is 27.9 Å². The number of urea groups is 1. The highest BCUT2D eigenvalue weighted by atomic mass is 79.9. The zero-order chi connectivity index (χ0) is 10.1. The zero-order valence-electron chi connectivity index (χ0n) is 7.70. The summed E-state index contributed by atoms with van der Waals surface area (Å²) >= 11 is 3.15. The van der Waals surface area contributed by atoms with Gasteiger partial charge < -0.3 is 15.1 Å². The van der Waals surface area contributed by atoms with E-state index in [1.54, 1.807) is 9.80 Å². The molecule has 2 saturated heterocycles. The molecule has 0 spiro atoms. The van der Waals surface area contributed by atoms with Crippen LogP contribution >= 0.6 is 15.9 Å². The maximum absolute atomic E-state index is 11.4. The van der Waals surface area contributed by atoms with Crippen molar-refractivity contribution in [2.45, 2.75) is 6.04 Å². The number of fused-ring (bicyclic) bond motifs is 1. The molecule has 0 aliphatic carbocycles. The molecule has 0 aromatic heterocycles. The Hall–Kier alpha value is -0.780. The highest BCUT2D eigenvalue weighted by Crippen LogP contribution is 2.14. The van der Waals surface area contributed by atoms with Crippen LogP contribution in [-0.2, 0) is 4.79 Å². The minimum atomic E-state index is 0.000871. The summed E-state index contributed by atoms with van der Waals surface area (Å²) in [5.41, 5.74) is 0. The number of carbonyl (C=O) groups excluding carboxylic acids is 2. The molecular weight excluding hydrogens is 250 g/mol. The van der Waals surface area contributed by atoms with Gasteiger partial charge >= 0.3 is 6.03 Å². The molecule has 2 heterocycles. The zero-order valence-corrected chi connectivity index (χ0v) is 9.29. The molecular formula is C8H12BrN3O2. The van der Waals surface area contributed by atoms with Crippen LogP contribution in [0.5, 0.6) is 0 Å². The Kier molecular flexibility index (Phi) is 2.62. The standard InChI is InChI=1S/C8H12BrN3O2/c9-3-7(13)11-1-2-12-6(5-11)4-10-8(12)14/h6H,1-5H2,(H,10,14). The summed E-state index contributed by atoms with van der Waals surface area (Å²) in [7, 11) is 0. The Bertz CT molecular complexity index is 271. The van der Waals surface area contributed by atoms with Gasteiger partial charge in [0.25, 0.3) is 0 Å². The van der Waals surface area contributed by atoms with Crippen LogP contribution in [0.1, 0.15) is 0 Å². The van der Waals surface area contributed by atoms with Gasteiger partial charge in [-0.05, 0) is 0 Å². The molecule has 2 aliphatic rings. The number of piperazine rings is 1. The average molecular weight is 262 g/mol. The Morgan fingerprint density at radius 3 is 3.07 bits per heavy atom. The second-order valence-corrected chi connectivity index (χ2v) is 4.07. The molecule has 2 aliphatic heterocycles. The molecule has 2 fully saturated rings. The number of alkyl halides is 1. The van der Waals surface area contributed by atoms with E-state index < -0.39 is 0 Å². The molecule has 0 saturated carbocycles. The van der Waals surface area contributed by atoms with Gasteiger partial charge in [0, 0.05) is 26.2 Å². The Morgan fingerprint density at radius 1 is 1.57 bits per heavy atom. The first-order valence-electron chi connectivity index (χ1n) is 4.60. The van der Waals surface area contributed by atoms with Gasteiger partial charge in [-0.25, -0.2) is 4.79 Å². The van der Waals surface area contributed by atoms with Crippen molar-refractivity contribution in [2.24, 2.45) is 0 Å². The van der Waals surface area contributed by atoms with E-state index in [9.17, 15) is 9.59 Å². The van der Waals surface area contributed by atoms with Crippen LogP contribution in [0.15, 0.2) is 0 Å². The Morgan fingerprint density at radius 2 is 2.36 bits per heavy atom. The topological polar surface area (TPSA) is 52.7 Å². The number of halogens is 1. The molecule has 0 aromatic rings. The summed E-state index contributed by atoms with van der Waals surface area (Å²) in [5.74, 6) is 0.101. The van der Waals surface area contributed by atoms with Crippen molar-refractivity contribution in [3.8, 4) is 0 Å². The molecule has 0 bridgehead atoms. The van der Waals surface area contributed by atoms with E-state index in [1.165, 1.54) is 0 Å². The lowest BCUT2D eigenvalue weighted by Crippen LogP contribution is -2.54. The van der Waals surface area contributed by atoms with Crippen LogP contribution in [0.3, 0.4) is 0 Å². The lowest BCUT2D eigenvalue weighted by atomic mass is 10.2. The molecule has 6 heteroatoms. The van der Waals surface area contributed by atoms with Crippen LogP contribution in [0.2, 0.25) is 0 Å². The first kappa shape index (κ1) is 9.76. The summed E-state index contributed by atoms with van der Waals surface area (Å²) in [4.78, 5) is 26.3. The van der Waals surface area contributed by atoms with E-state index in [-0.39, 0.29) is 18.0 Å². The number of amides is 3. The van der Waals surface area contributed by atoms with Crippen molar-refractivity contribution < 1.29 is 9.59 Å². The summed E-state index contributed by atoms with van der Waals surface area (Å²) in [5, 5.41) is 3.14. The van der Waals surface area contributed by atoms with E-state index >= 15 is 0 Å². The maximum atomic E-state index is 11.4. The molecule has 2 rings (SSSR count). The highest BCUT2D eigenvalue weighted by Gasteiger charge is 2.36. The van der Waals surface area contributed by atoms with Crippen LogP contribution in [0.25, 0.3) is 0 Å². The third-order valence-corrected chi connectivity index (χ3v) is 3.18. The van der Waals surface area contributed by atoms with E-state index in [4.69, 9.17) is 0 Å². The largest absolute Gasteiger partial charge is 0.338 e. The predicted molar refractivity (Wildman–Crippen MR) is 54.3 cm³/mol. The lowest BCUT2D eigenvalue weighted by molar-refractivity contribution is -0.130. The summed E-state index contributed by atoms with van der Waals surface area (Å²) in [6.45, 7) is 2.61. The number of hydrogen-bond donors (Lipinski definition) is 1. The van der Waals surface area contributed by atoms with E-state index in [1.807, 2.05) is 0 Å². The number of carbonyl (C=O) groups is 2. The van der Waals surface area contributed by atoms with E-state index in [2.05, 4.69) is 21.2 Å². The highest BCUT2D eigenvalue weighted by molar-refractivity contribution is 9.09. The van der Waals surface area contributed by atoms with Crippen molar-refractivity contribution in [1.82, 2.24) is 15.1 Å². The van der Waals surface area contributed by atoms with Gasteiger partial charge in [0.2, 0.25) is 5.91 Å². The Labute approximate surface area is 90.5 Å². The molecule has 14 heavy (non-hydrogen) atoms. The lowest BCUT2D eigenvalue weighted by Gasteiger charge is -2.36. The number of nitrogens with one attached hydrogen (secondary N) is 1. The van der Waals surface area contributed by atoms with E-state index in [0.717, 1.165) is 0 Å². The van der Waals surface area contributed by atoms with Crippen molar-refractivity contribution in [2.75, 3.05) is 31.5 Å². The first-order chi connectivity index (χ1) is 6.72. The fourth-order valence-electron chi connectivity index (χ4n) is 1.92. The quantitative estimate of drug-likeness (QED) is 0.655. The molecule has 0 aromatic carbocycles. The molecule has 1 unspecified atom stereocenters. The second kappa shape index (κ2) is 3.76. The van der Waals surface area contributed by atoms with Gasteiger partial charge in [-0.3, -0.25) is 4.79 Å². The van der Waals surface area contributed by atoms with Crippen molar-refractivity contribution in [1.29, 1.82) is 0 Å². The van der Waals surface area contributed by atoms with Gasteiger partial charge in [-0.15, -0.1) is 0 Å². The van der Waals surface area contributed by atoms with Crippen LogP contribution < -0.4 is 5.32 Å². The fourth-order valence-corrected chi connectivity index (χ4v) is 2.27. The van der Waals surface area contributed by atoms with Crippen LogP contribution in [-0.4, -0.2) is 59.3 Å². The number of rotatable bonds is 1. The van der Waals surface area contributed by atoms with Gasteiger partial charge in [0.05, 0.1) is 11.4 Å². The maximum Gasteiger partial charge on any atom is 0.317 e. The van der Waals surface area contributed by atoms with Crippen LogP contribution in [0.4, 0.5) is 4.79 Å². The fraction of sp³-hybridized carbons (Fsp3) is 0.750.